The highest BCUT2D eigenvalue weighted by atomic mass is 24.3. The fourth-order valence-corrected chi connectivity index (χ4v) is 1.11. The molecule has 3 heteroatoms. The van der Waals surface area contributed by atoms with Crippen molar-refractivity contribution in [3.63, 3.8) is 0 Å². The second-order valence-corrected chi connectivity index (χ2v) is 2.92. The molecule has 0 radical (unpaired) electrons. The van der Waals surface area contributed by atoms with Crippen molar-refractivity contribution in [3.05, 3.63) is 0 Å². The van der Waals surface area contributed by atoms with Gasteiger partial charge in [-0.3, -0.25) is 0 Å². The smallest absolute Gasteiger partial charge is 0.316 e. The largest absolute Gasteiger partial charge is 0.396 e. The molecular weight excluding hydrogens is 164 g/mol. The van der Waals surface area contributed by atoms with E-state index in [9.17, 15) is 0 Å². The van der Waals surface area contributed by atoms with Crippen molar-refractivity contribution in [3.8, 4) is 0 Å². The summed E-state index contributed by atoms with van der Waals surface area (Å²) in [6, 6.07) is 0. The molecule has 0 atom stereocenters. The molecule has 0 aromatic rings. The Kier molecular flexibility index (Phi) is 18.0. The van der Waals surface area contributed by atoms with Crippen LogP contribution in [0.5, 0.6) is 0 Å². The monoisotopic (exact) mass is 186 g/mol. The van der Waals surface area contributed by atoms with E-state index in [1.54, 1.807) is 0 Å². The standard InChI is InChI=1S/C9H20O2.Mg.2H/c10-8-6-4-2-1-3-5-7-9-11;;;/h10-11H,1-9H2;;;. The van der Waals surface area contributed by atoms with Crippen molar-refractivity contribution in [1.29, 1.82) is 0 Å². The van der Waals surface area contributed by atoms with E-state index in [1.807, 2.05) is 0 Å². The SMILES string of the molecule is OCCCCCCCCCO.[MgH2]. The van der Waals surface area contributed by atoms with Crippen LogP contribution in [-0.4, -0.2) is 46.5 Å². The normalized spacial score (nSPS) is 9.50. The quantitative estimate of drug-likeness (QED) is 0.435. The highest BCUT2D eigenvalue weighted by Gasteiger charge is 1.89. The molecule has 0 unspecified atom stereocenters. The summed E-state index contributed by atoms with van der Waals surface area (Å²) in [6.07, 6.45) is 7.89. The van der Waals surface area contributed by atoms with Gasteiger partial charge >= 0.3 is 23.1 Å². The molecule has 2 N–H and O–H groups in total. The second-order valence-electron chi connectivity index (χ2n) is 2.92. The van der Waals surface area contributed by atoms with Crippen molar-refractivity contribution in [2.75, 3.05) is 13.2 Å². The Morgan fingerprint density at radius 2 is 0.750 bits per heavy atom. The predicted molar refractivity (Wildman–Crippen MR) is 55.0 cm³/mol. The minimum Gasteiger partial charge on any atom is -0.396 e. The molecule has 0 rings (SSSR count). The number of hydrogen-bond acceptors (Lipinski definition) is 2. The zero-order valence-electron chi connectivity index (χ0n) is 7.26. The first-order valence-corrected chi connectivity index (χ1v) is 4.63. The highest BCUT2D eigenvalue weighted by molar-refractivity contribution is 5.75. The van der Waals surface area contributed by atoms with E-state index < -0.39 is 0 Å². The maximum absolute atomic E-state index is 8.47. The van der Waals surface area contributed by atoms with E-state index in [0.29, 0.717) is 13.2 Å². The summed E-state index contributed by atoms with van der Waals surface area (Å²) in [5, 5.41) is 16.9. The molecule has 0 spiro atoms. The molecular formula is C9H22MgO2. The van der Waals surface area contributed by atoms with E-state index in [-0.39, 0.29) is 23.1 Å². The first-order chi connectivity index (χ1) is 5.41. The zero-order chi connectivity index (χ0) is 8.36. The van der Waals surface area contributed by atoms with Gasteiger partial charge in [-0.05, 0) is 12.8 Å². The van der Waals surface area contributed by atoms with Gasteiger partial charge in [-0.25, -0.2) is 0 Å². The maximum atomic E-state index is 8.47. The minimum absolute atomic E-state index is 0. The second kappa shape index (κ2) is 14.2. The highest BCUT2D eigenvalue weighted by Crippen LogP contribution is 2.06. The molecule has 2 nitrogen and oxygen atoms in total. The molecule has 0 aliphatic rings. The van der Waals surface area contributed by atoms with Gasteiger partial charge in [0.1, 0.15) is 0 Å². The van der Waals surface area contributed by atoms with Crippen LogP contribution in [0.15, 0.2) is 0 Å². The van der Waals surface area contributed by atoms with Crippen molar-refractivity contribution >= 4 is 23.1 Å². The van der Waals surface area contributed by atoms with Crippen LogP contribution in [-0.2, 0) is 0 Å². The molecule has 0 heterocycles. The van der Waals surface area contributed by atoms with Gasteiger partial charge in [0.05, 0.1) is 0 Å². The van der Waals surface area contributed by atoms with Crippen LogP contribution < -0.4 is 0 Å². The van der Waals surface area contributed by atoms with Crippen molar-refractivity contribution < 1.29 is 10.2 Å². The van der Waals surface area contributed by atoms with Gasteiger partial charge in [0.25, 0.3) is 0 Å². The van der Waals surface area contributed by atoms with E-state index in [2.05, 4.69) is 0 Å². The number of unbranched alkanes of at least 4 members (excludes halogenated alkanes) is 6. The Morgan fingerprint density at radius 1 is 0.500 bits per heavy atom. The Bertz CT molecular complexity index is 61.5. The summed E-state index contributed by atoms with van der Waals surface area (Å²) in [5.41, 5.74) is 0. The Balaban J connectivity index is 0. The molecule has 72 valence electrons. The summed E-state index contributed by atoms with van der Waals surface area (Å²) in [7, 11) is 0. The van der Waals surface area contributed by atoms with Crippen LogP contribution >= 0.6 is 0 Å². The van der Waals surface area contributed by atoms with Crippen LogP contribution in [0, 0.1) is 0 Å². The third kappa shape index (κ3) is 13.3. The van der Waals surface area contributed by atoms with E-state index in [0.717, 1.165) is 25.7 Å². The summed E-state index contributed by atoms with van der Waals surface area (Å²) >= 11 is 0. The summed E-state index contributed by atoms with van der Waals surface area (Å²) in [5.74, 6) is 0. The van der Waals surface area contributed by atoms with Crippen LogP contribution in [0.4, 0.5) is 0 Å². The van der Waals surface area contributed by atoms with Gasteiger partial charge < -0.3 is 10.2 Å². The molecule has 0 aliphatic carbocycles. The maximum Gasteiger partial charge on any atom is 0.316 e. The summed E-state index contributed by atoms with van der Waals surface area (Å²) in [6.45, 7) is 0.660. The predicted octanol–water partition coefficient (Wildman–Crippen LogP) is 0.785. The first-order valence-electron chi connectivity index (χ1n) is 4.63. The van der Waals surface area contributed by atoms with Gasteiger partial charge in [-0.15, -0.1) is 0 Å². The number of aliphatic hydroxyl groups is 2. The van der Waals surface area contributed by atoms with E-state index >= 15 is 0 Å². The van der Waals surface area contributed by atoms with Gasteiger partial charge in [0.2, 0.25) is 0 Å². The average molecular weight is 187 g/mol. The van der Waals surface area contributed by atoms with Gasteiger partial charge in [-0.1, -0.05) is 32.1 Å². The molecule has 12 heavy (non-hydrogen) atoms. The fourth-order valence-electron chi connectivity index (χ4n) is 1.11. The molecule has 0 aromatic carbocycles. The minimum atomic E-state index is 0. The van der Waals surface area contributed by atoms with E-state index in [4.69, 9.17) is 10.2 Å². The Labute approximate surface area is 91.5 Å². The van der Waals surface area contributed by atoms with Gasteiger partial charge in [-0.2, -0.15) is 0 Å². The number of rotatable bonds is 8. The topological polar surface area (TPSA) is 40.5 Å². The van der Waals surface area contributed by atoms with Crippen LogP contribution in [0.25, 0.3) is 0 Å². The lowest BCUT2D eigenvalue weighted by atomic mass is 10.1. The zero-order valence-corrected chi connectivity index (χ0v) is 7.26. The average Bonchev–Trinajstić information content (AvgIpc) is 2.03. The Hall–Kier alpha value is 0.686. The lowest BCUT2D eigenvalue weighted by molar-refractivity contribution is 0.278. The molecule has 0 aliphatic heterocycles. The number of aliphatic hydroxyl groups excluding tert-OH is 2. The van der Waals surface area contributed by atoms with Crippen LogP contribution in [0.2, 0.25) is 0 Å². The Morgan fingerprint density at radius 3 is 1.00 bits per heavy atom. The molecule has 0 amide bonds. The third-order valence-corrected chi connectivity index (χ3v) is 1.82. The van der Waals surface area contributed by atoms with Crippen molar-refractivity contribution in [1.82, 2.24) is 0 Å². The molecule has 0 saturated heterocycles. The third-order valence-electron chi connectivity index (χ3n) is 1.82. The summed E-state index contributed by atoms with van der Waals surface area (Å²) in [4.78, 5) is 0. The molecule has 0 fully saturated rings. The first kappa shape index (κ1) is 15.2. The number of hydrogen-bond donors (Lipinski definition) is 2. The van der Waals surface area contributed by atoms with Crippen LogP contribution in [0.1, 0.15) is 44.9 Å². The van der Waals surface area contributed by atoms with Gasteiger partial charge in [0.15, 0.2) is 0 Å². The lowest BCUT2D eigenvalue weighted by Crippen LogP contribution is -1.85. The summed E-state index contributed by atoms with van der Waals surface area (Å²) < 4.78 is 0. The van der Waals surface area contributed by atoms with E-state index in [1.165, 1.54) is 19.3 Å². The molecule has 0 saturated carbocycles. The van der Waals surface area contributed by atoms with Crippen molar-refractivity contribution in [2.24, 2.45) is 0 Å². The van der Waals surface area contributed by atoms with Gasteiger partial charge in [0, 0.05) is 13.2 Å². The van der Waals surface area contributed by atoms with Crippen molar-refractivity contribution in [2.45, 2.75) is 44.9 Å². The fraction of sp³-hybridized carbons (Fsp3) is 1.00. The lowest BCUT2D eigenvalue weighted by Gasteiger charge is -1.98. The van der Waals surface area contributed by atoms with Crippen LogP contribution in [0.3, 0.4) is 0 Å². The molecule has 0 bridgehead atoms. The molecule has 0 aromatic heterocycles.